The highest BCUT2D eigenvalue weighted by molar-refractivity contribution is 5.99. The van der Waals surface area contributed by atoms with Crippen LogP contribution in [-0.4, -0.2) is 33.9 Å². The summed E-state index contributed by atoms with van der Waals surface area (Å²) in [5, 5.41) is 19.1. The van der Waals surface area contributed by atoms with Crippen LogP contribution in [0.2, 0.25) is 0 Å². The zero-order chi connectivity index (χ0) is 15.1. The Balaban J connectivity index is 2.41. The Kier molecular flexibility index (Phi) is 3.33. The normalized spacial score (nSPS) is 17.8. The second-order valence-corrected chi connectivity index (χ2v) is 5.68. The van der Waals surface area contributed by atoms with Gasteiger partial charge in [0.25, 0.3) is 0 Å². The monoisotopic (exact) mass is 279 g/mol. The molecule has 1 heterocycles. The number of hydrogen-bond acceptors (Lipinski definition) is 4. The number of carboxylic acids is 1. The lowest BCUT2D eigenvalue weighted by molar-refractivity contribution is -0.138. The lowest BCUT2D eigenvalue weighted by atomic mass is 10.1. The van der Waals surface area contributed by atoms with Crippen molar-refractivity contribution in [2.24, 2.45) is 0 Å². The van der Waals surface area contributed by atoms with Crippen molar-refractivity contribution in [2.75, 3.05) is 4.90 Å². The third-order valence-corrected chi connectivity index (χ3v) is 2.97. The number of carbonyl (C=O) groups excluding carboxylic acids is 1. The van der Waals surface area contributed by atoms with Gasteiger partial charge in [0, 0.05) is 12.0 Å². The van der Waals surface area contributed by atoms with E-state index < -0.39 is 23.7 Å². The Morgan fingerprint density at radius 2 is 2.00 bits per heavy atom. The molecule has 2 N–H and O–H groups in total. The van der Waals surface area contributed by atoms with E-state index in [-0.39, 0.29) is 12.2 Å². The van der Waals surface area contributed by atoms with Crippen molar-refractivity contribution in [3.8, 4) is 5.75 Å². The fourth-order valence-corrected chi connectivity index (χ4v) is 2.18. The highest BCUT2D eigenvalue weighted by Crippen LogP contribution is 2.38. The molecule has 1 aromatic rings. The lowest BCUT2D eigenvalue weighted by Crippen LogP contribution is -2.45. The van der Waals surface area contributed by atoms with Crippen molar-refractivity contribution in [3.63, 3.8) is 0 Å². The Bertz CT molecular complexity index is 561. The Morgan fingerprint density at radius 1 is 1.35 bits per heavy atom. The molecule has 0 saturated carbocycles. The van der Waals surface area contributed by atoms with Gasteiger partial charge in [0.2, 0.25) is 0 Å². The van der Waals surface area contributed by atoms with Crippen LogP contribution < -0.4 is 4.90 Å². The summed E-state index contributed by atoms with van der Waals surface area (Å²) in [6.07, 6.45) is -0.661. The summed E-state index contributed by atoms with van der Waals surface area (Å²) in [5.74, 6) is -1.15. The second-order valence-electron chi connectivity index (χ2n) is 5.68. The quantitative estimate of drug-likeness (QED) is 0.822. The number of phenolic OH excluding ortho intramolecular Hbond substituents is 1. The van der Waals surface area contributed by atoms with Gasteiger partial charge in [-0.3, -0.25) is 4.90 Å². The number of aromatic hydroxyl groups is 1. The number of anilines is 1. The molecular weight excluding hydrogens is 262 g/mol. The molecule has 0 aliphatic carbocycles. The minimum Gasteiger partial charge on any atom is -0.508 e. The van der Waals surface area contributed by atoms with Gasteiger partial charge in [0.1, 0.15) is 17.4 Å². The van der Waals surface area contributed by atoms with Gasteiger partial charge in [-0.25, -0.2) is 9.59 Å². The number of rotatable bonds is 1. The number of amides is 1. The zero-order valence-electron chi connectivity index (χ0n) is 11.6. The van der Waals surface area contributed by atoms with Crippen LogP contribution in [0.1, 0.15) is 26.3 Å². The van der Waals surface area contributed by atoms with E-state index in [4.69, 9.17) is 4.74 Å². The first-order valence-corrected chi connectivity index (χ1v) is 6.26. The number of carbonyl (C=O) groups is 2. The van der Waals surface area contributed by atoms with Gasteiger partial charge in [0.05, 0.1) is 5.69 Å². The predicted molar refractivity (Wildman–Crippen MR) is 71.9 cm³/mol. The van der Waals surface area contributed by atoms with Crippen LogP contribution in [0.5, 0.6) is 5.75 Å². The molecule has 0 aromatic heterocycles. The average Bonchev–Trinajstić information content (AvgIpc) is 2.67. The topological polar surface area (TPSA) is 87.1 Å². The van der Waals surface area contributed by atoms with Gasteiger partial charge >= 0.3 is 12.1 Å². The van der Waals surface area contributed by atoms with E-state index in [0.29, 0.717) is 11.3 Å². The highest BCUT2D eigenvalue weighted by atomic mass is 16.6. The summed E-state index contributed by atoms with van der Waals surface area (Å²) in [7, 11) is 0. The summed E-state index contributed by atoms with van der Waals surface area (Å²) in [4.78, 5) is 24.6. The van der Waals surface area contributed by atoms with Gasteiger partial charge in [0.15, 0.2) is 0 Å². The van der Waals surface area contributed by atoms with Gasteiger partial charge in [-0.2, -0.15) is 0 Å². The Morgan fingerprint density at radius 3 is 2.55 bits per heavy atom. The molecule has 1 aliphatic rings. The molecule has 0 fully saturated rings. The molecule has 20 heavy (non-hydrogen) atoms. The van der Waals surface area contributed by atoms with Crippen LogP contribution in [0.15, 0.2) is 18.2 Å². The molecule has 2 rings (SSSR count). The highest BCUT2D eigenvalue weighted by Gasteiger charge is 2.41. The maximum atomic E-state index is 12.2. The number of ether oxygens (including phenoxy) is 1. The standard InChI is InChI=1S/C14H17NO5/c1-14(2,3)20-13(19)15-9-5-4-6-11(16)8(9)7-10(15)12(17)18/h4-6,10,16H,7H2,1-3H3,(H,17,18)/t10-/m0/s1. The third kappa shape index (κ3) is 2.54. The van der Waals surface area contributed by atoms with Crippen LogP contribution in [0.25, 0.3) is 0 Å². The van der Waals surface area contributed by atoms with Gasteiger partial charge in [-0.05, 0) is 32.9 Å². The predicted octanol–water partition coefficient (Wildman–Crippen LogP) is 2.14. The van der Waals surface area contributed by atoms with Crippen LogP contribution in [0.4, 0.5) is 10.5 Å². The molecule has 1 aromatic carbocycles. The van der Waals surface area contributed by atoms with Crippen molar-refractivity contribution >= 4 is 17.7 Å². The Hall–Kier alpha value is -2.24. The van der Waals surface area contributed by atoms with Crippen molar-refractivity contribution in [1.82, 2.24) is 0 Å². The fourth-order valence-electron chi connectivity index (χ4n) is 2.18. The van der Waals surface area contributed by atoms with Crippen molar-refractivity contribution in [1.29, 1.82) is 0 Å². The smallest absolute Gasteiger partial charge is 0.415 e. The SMILES string of the molecule is CC(C)(C)OC(=O)N1c2cccc(O)c2C[C@H]1C(=O)O. The summed E-state index contributed by atoms with van der Waals surface area (Å²) in [5.41, 5.74) is 0.108. The van der Waals surface area contributed by atoms with E-state index in [1.807, 2.05) is 0 Å². The molecular formula is C14H17NO5. The number of benzene rings is 1. The molecule has 0 radical (unpaired) electrons. The molecule has 6 heteroatoms. The van der Waals surface area contributed by atoms with E-state index in [2.05, 4.69) is 0 Å². The Labute approximate surface area is 116 Å². The number of phenols is 1. The molecule has 0 spiro atoms. The van der Waals surface area contributed by atoms with E-state index in [0.717, 1.165) is 4.90 Å². The molecule has 1 atom stereocenters. The molecule has 0 unspecified atom stereocenters. The summed E-state index contributed by atoms with van der Waals surface area (Å²) in [6.45, 7) is 5.13. The largest absolute Gasteiger partial charge is 0.508 e. The third-order valence-electron chi connectivity index (χ3n) is 2.97. The fraction of sp³-hybridized carbons (Fsp3) is 0.429. The summed E-state index contributed by atoms with van der Waals surface area (Å²) < 4.78 is 5.24. The maximum absolute atomic E-state index is 12.2. The first kappa shape index (κ1) is 14.2. The number of nitrogens with zero attached hydrogens (tertiary/aromatic N) is 1. The molecule has 1 aliphatic heterocycles. The van der Waals surface area contributed by atoms with Crippen molar-refractivity contribution < 1.29 is 24.5 Å². The second kappa shape index (κ2) is 4.70. The molecule has 6 nitrogen and oxygen atoms in total. The van der Waals surface area contributed by atoms with E-state index in [1.165, 1.54) is 6.07 Å². The number of aliphatic carboxylic acids is 1. The zero-order valence-corrected chi connectivity index (χ0v) is 11.6. The summed E-state index contributed by atoms with van der Waals surface area (Å²) >= 11 is 0. The minimum atomic E-state index is -1.13. The molecule has 1 amide bonds. The first-order valence-electron chi connectivity index (χ1n) is 6.26. The van der Waals surface area contributed by atoms with Crippen molar-refractivity contribution in [2.45, 2.75) is 38.8 Å². The van der Waals surface area contributed by atoms with Crippen molar-refractivity contribution in [3.05, 3.63) is 23.8 Å². The van der Waals surface area contributed by atoms with Crippen LogP contribution in [0, 0.1) is 0 Å². The number of fused-ring (bicyclic) bond motifs is 1. The molecule has 0 bridgehead atoms. The maximum Gasteiger partial charge on any atom is 0.415 e. The van der Waals surface area contributed by atoms with Gasteiger partial charge < -0.3 is 14.9 Å². The number of carboxylic acid groups (broad SMARTS) is 1. The van der Waals surface area contributed by atoms with E-state index in [9.17, 15) is 19.8 Å². The number of hydrogen-bond donors (Lipinski definition) is 2. The van der Waals surface area contributed by atoms with E-state index in [1.54, 1.807) is 32.9 Å². The average molecular weight is 279 g/mol. The lowest BCUT2D eigenvalue weighted by Gasteiger charge is -2.27. The molecule has 0 saturated heterocycles. The van der Waals surface area contributed by atoms with Gasteiger partial charge in [-0.1, -0.05) is 6.07 Å². The van der Waals surface area contributed by atoms with Crippen LogP contribution >= 0.6 is 0 Å². The first-order chi connectivity index (χ1) is 9.20. The van der Waals surface area contributed by atoms with Gasteiger partial charge in [-0.15, -0.1) is 0 Å². The van der Waals surface area contributed by atoms with Crippen LogP contribution in [-0.2, 0) is 16.0 Å². The van der Waals surface area contributed by atoms with Crippen LogP contribution in [0.3, 0.4) is 0 Å². The van der Waals surface area contributed by atoms with E-state index >= 15 is 0 Å². The molecule has 108 valence electrons. The minimum absolute atomic E-state index is 0.0141. The summed E-state index contributed by atoms with van der Waals surface area (Å²) in [6, 6.07) is 3.57.